The van der Waals surface area contributed by atoms with Crippen LogP contribution in [0, 0.1) is 5.82 Å². The number of hydrazine groups is 1. The molecule has 2 rings (SSSR count). The highest BCUT2D eigenvalue weighted by atomic mass is 79.9. The van der Waals surface area contributed by atoms with Gasteiger partial charge in [-0.05, 0) is 54.4 Å². The van der Waals surface area contributed by atoms with Crippen LogP contribution in [-0.4, -0.2) is 12.6 Å². The van der Waals surface area contributed by atoms with E-state index in [0.717, 1.165) is 4.47 Å². The van der Waals surface area contributed by atoms with Gasteiger partial charge in [0.15, 0.2) is 0 Å². The predicted octanol–water partition coefficient (Wildman–Crippen LogP) is 3.70. The average molecular weight is 374 g/mol. The second-order valence-corrected chi connectivity index (χ2v) is 5.92. The summed E-state index contributed by atoms with van der Waals surface area (Å²) < 4.78 is 20.2. The van der Waals surface area contributed by atoms with Gasteiger partial charge in [-0.15, -0.1) is 0 Å². The predicted molar refractivity (Wildman–Crippen MR) is 85.9 cm³/mol. The third kappa shape index (κ3) is 4.97. The zero-order chi connectivity index (χ0) is 15.2. The zero-order valence-corrected chi connectivity index (χ0v) is 13.5. The van der Waals surface area contributed by atoms with Crippen LogP contribution in [0.5, 0.6) is 5.75 Å². The molecule has 0 aliphatic rings. The molecule has 0 aliphatic carbocycles. The Labute approximate surface area is 136 Å². The fraction of sp³-hybridized carbons (Fsp3) is 0.200. The molecule has 0 saturated heterocycles. The van der Waals surface area contributed by atoms with E-state index in [4.69, 9.17) is 22.2 Å². The minimum atomic E-state index is -0.259. The lowest BCUT2D eigenvalue weighted by Gasteiger charge is -2.17. The number of hydrogen-bond acceptors (Lipinski definition) is 3. The maximum Gasteiger partial charge on any atom is 0.126 e. The van der Waals surface area contributed by atoms with E-state index in [0.29, 0.717) is 29.4 Å². The molecule has 6 heteroatoms. The van der Waals surface area contributed by atoms with Gasteiger partial charge in [-0.3, -0.25) is 11.3 Å². The molecule has 0 aromatic heterocycles. The standard InChI is InChI=1S/C15H15BrClFN2O/c16-11-1-6-15(18)10(7-11)8-13(20-19)9-21-14-4-2-12(17)3-5-14/h1-7,13,20H,8-9,19H2. The van der Waals surface area contributed by atoms with Crippen LogP contribution in [-0.2, 0) is 6.42 Å². The van der Waals surface area contributed by atoms with E-state index in [1.807, 2.05) is 0 Å². The maximum atomic E-state index is 13.7. The third-order valence-electron chi connectivity index (χ3n) is 2.97. The fourth-order valence-electron chi connectivity index (χ4n) is 1.86. The molecule has 0 bridgehead atoms. The number of nitrogens with two attached hydrogens (primary N) is 1. The van der Waals surface area contributed by atoms with Crippen molar-refractivity contribution in [3.8, 4) is 5.75 Å². The summed E-state index contributed by atoms with van der Waals surface area (Å²) in [5.41, 5.74) is 3.22. The number of nitrogens with one attached hydrogen (secondary N) is 1. The average Bonchev–Trinajstić information content (AvgIpc) is 2.48. The molecule has 0 saturated carbocycles. The van der Waals surface area contributed by atoms with Crippen LogP contribution >= 0.6 is 27.5 Å². The lowest BCUT2D eigenvalue weighted by atomic mass is 10.1. The summed E-state index contributed by atoms with van der Waals surface area (Å²) in [5, 5.41) is 0.645. The highest BCUT2D eigenvalue weighted by Crippen LogP contribution is 2.18. The summed E-state index contributed by atoms with van der Waals surface area (Å²) in [6.07, 6.45) is 0.426. The number of hydrogen-bond donors (Lipinski definition) is 2. The Hall–Kier alpha value is -1.14. The van der Waals surface area contributed by atoms with Gasteiger partial charge in [0.1, 0.15) is 18.2 Å². The Morgan fingerprint density at radius 2 is 1.95 bits per heavy atom. The zero-order valence-electron chi connectivity index (χ0n) is 11.2. The Bertz CT molecular complexity index is 595. The molecule has 0 heterocycles. The van der Waals surface area contributed by atoms with Gasteiger partial charge >= 0.3 is 0 Å². The highest BCUT2D eigenvalue weighted by molar-refractivity contribution is 9.10. The van der Waals surface area contributed by atoms with Gasteiger partial charge in [-0.2, -0.15) is 0 Å². The number of halogens is 3. The molecule has 0 radical (unpaired) electrons. The van der Waals surface area contributed by atoms with Crippen LogP contribution in [0.1, 0.15) is 5.56 Å². The summed E-state index contributed by atoms with van der Waals surface area (Å²) in [6, 6.07) is 11.7. The van der Waals surface area contributed by atoms with Crippen molar-refractivity contribution in [2.45, 2.75) is 12.5 Å². The van der Waals surface area contributed by atoms with Crippen molar-refractivity contribution in [3.05, 3.63) is 63.3 Å². The summed E-state index contributed by atoms with van der Waals surface area (Å²) >= 11 is 9.14. The van der Waals surface area contributed by atoms with Crippen LogP contribution in [0.2, 0.25) is 5.02 Å². The van der Waals surface area contributed by atoms with Crippen LogP contribution in [0.15, 0.2) is 46.9 Å². The molecule has 1 atom stereocenters. The molecule has 0 fully saturated rings. The Morgan fingerprint density at radius 3 is 2.62 bits per heavy atom. The first-order valence-electron chi connectivity index (χ1n) is 6.37. The molecule has 2 aromatic carbocycles. The van der Waals surface area contributed by atoms with Crippen LogP contribution in [0.25, 0.3) is 0 Å². The summed E-state index contributed by atoms with van der Waals surface area (Å²) in [6.45, 7) is 0.323. The number of rotatable bonds is 6. The van der Waals surface area contributed by atoms with Crippen molar-refractivity contribution in [1.29, 1.82) is 0 Å². The van der Waals surface area contributed by atoms with Crippen molar-refractivity contribution in [3.63, 3.8) is 0 Å². The molecule has 112 valence electrons. The highest BCUT2D eigenvalue weighted by Gasteiger charge is 2.12. The normalized spacial score (nSPS) is 12.2. The molecule has 1 unspecified atom stereocenters. The second kappa shape index (κ2) is 7.75. The van der Waals surface area contributed by atoms with Gasteiger partial charge in [0, 0.05) is 9.50 Å². The number of ether oxygens (including phenoxy) is 1. The first-order valence-corrected chi connectivity index (χ1v) is 7.54. The van der Waals surface area contributed by atoms with Gasteiger partial charge in [0.25, 0.3) is 0 Å². The molecule has 3 nitrogen and oxygen atoms in total. The van der Waals surface area contributed by atoms with E-state index in [2.05, 4.69) is 21.4 Å². The van der Waals surface area contributed by atoms with Crippen molar-refractivity contribution in [2.75, 3.05) is 6.61 Å². The second-order valence-electron chi connectivity index (χ2n) is 4.57. The topological polar surface area (TPSA) is 47.3 Å². The Balaban J connectivity index is 1.96. The van der Waals surface area contributed by atoms with Gasteiger partial charge < -0.3 is 4.74 Å². The van der Waals surface area contributed by atoms with E-state index < -0.39 is 0 Å². The molecule has 3 N–H and O–H groups in total. The Kier molecular flexibility index (Phi) is 5.99. The molecule has 0 amide bonds. The van der Waals surface area contributed by atoms with Gasteiger partial charge in [-0.1, -0.05) is 27.5 Å². The molecular weight excluding hydrogens is 359 g/mol. The summed E-state index contributed by atoms with van der Waals surface area (Å²) in [7, 11) is 0. The molecular formula is C15H15BrClFN2O. The van der Waals surface area contributed by atoms with E-state index >= 15 is 0 Å². The number of benzene rings is 2. The maximum absolute atomic E-state index is 13.7. The van der Waals surface area contributed by atoms with Crippen molar-refractivity contribution in [1.82, 2.24) is 5.43 Å². The van der Waals surface area contributed by atoms with E-state index in [-0.39, 0.29) is 11.9 Å². The minimum Gasteiger partial charge on any atom is -0.492 e. The van der Waals surface area contributed by atoms with Crippen molar-refractivity contribution < 1.29 is 9.13 Å². The first kappa shape index (κ1) is 16.2. The van der Waals surface area contributed by atoms with Crippen LogP contribution < -0.4 is 16.0 Å². The monoisotopic (exact) mass is 372 g/mol. The minimum absolute atomic E-state index is 0.204. The fourth-order valence-corrected chi connectivity index (χ4v) is 2.39. The first-order chi connectivity index (χ1) is 10.1. The quantitative estimate of drug-likeness (QED) is 0.599. The summed E-state index contributed by atoms with van der Waals surface area (Å²) in [4.78, 5) is 0. The van der Waals surface area contributed by atoms with Crippen molar-refractivity contribution in [2.24, 2.45) is 5.84 Å². The molecule has 21 heavy (non-hydrogen) atoms. The molecule has 2 aromatic rings. The summed E-state index contributed by atoms with van der Waals surface area (Å²) in [5.74, 6) is 5.94. The molecule has 0 spiro atoms. The lowest BCUT2D eigenvalue weighted by molar-refractivity contribution is 0.263. The van der Waals surface area contributed by atoms with Gasteiger partial charge in [0.2, 0.25) is 0 Å². The molecule has 0 aliphatic heterocycles. The van der Waals surface area contributed by atoms with Gasteiger partial charge in [0.05, 0.1) is 6.04 Å². The van der Waals surface area contributed by atoms with Crippen LogP contribution in [0.3, 0.4) is 0 Å². The van der Waals surface area contributed by atoms with Crippen LogP contribution in [0.4, 0.5) is 4.39 Å². The third-order valence-corrected chi connectivity index (χ3v) is 3.72. The van der Waals surface area contributed by atoms with Crippen molar-refractivity contribution >= 4 is 27.5 Å². The SMILES string of the molecule is NNC(COc1ccc(Cl)cc1)Cc1cc(Br)ccc1F. The van der Waals surface area contributed by atoms with E-state index in [1.54, 1.807) is 36.4 Å². The lowest BCUT2D eigenvalue weighted by Crippen LogP contribution is -2.41. The van der Waals surface area contributed by atoms with E-state index in [9.17, 15) is 4.39 Å². The van der Waals surface area contributed by atoms with E-state index in [1.165, 1.54) is 6.07 Å². The van der Waals surface area contributed by atoms with Gasteiger partial charge in [-0.25, -0.2) is 4.39 Å². The smallest absolute Gasteiger partial charge is 0.126 e. The Morgan fingerprint density at radius 1 is 1.24 bits per heavy atom. The largest absolute Gasteiger partial charge is 0.492 e.